The highest BCUT2D eigenvalue weighted by Gasteiger charge is 2.23. The van der Waals surface area contributed by atoms with Crippen LogP contribution in [0.4, 0.5) is 13.9 Å². The number of amides is 3. The van der Waals surface area contributed by atoms with Crippen LogP contribution < -0.4 is 16.0 Å². The van der Waals surface area contributed by atoms with Gasteiger partial charge in [0.1, 0.15) is 17.7 Å². The Bertz CT molecular complexity index is 958. The van der Waals surface area contributed by atoms with Crippen molar-refractivity contribution < 1.29 is 23.2 Å². The summed E-state index contributed by atoms with van der Waals surface area (Å²) < 4.78 is 26.7. The van der Waals surface area contributed by atoms with E-state index in [0.717, 1.165) is 31.0 Å². The maximum absolute atomic E-state index is 13.3. The number of nitrogens with zero attached hydrogens (tertiary/aromatic N) is 1. The van der Waals surface area contributed by atoms with E-state index < -0.39 is 29.5 Å². The van der Waals surface area contributed by atoms with E-state index in [2.05, 4.69) is 20.9 Å². The molecule has 2 aromatic rings. The lowest BCUT2D eigenvalue weighted by Crippen LogP contribution is -2.44. The summed E-state index contributed by atoms with van der Waals surface area (Å²) in [6, 6.07) is 2.07. The third-order valence-corrected chi connectivity index (χ3v) is 5.73. The van der Waals surface area contributed by atoms with Crippen molar-refractivity contribution in [2.45, 2.75) is 51.5 Å². The van der Waals surface area contributed by atoms with Crippen molar-refractivity contribution in [2.75, 3.05) is 11.9 Å². The summed E-state index contributed by atoms with van der Waals surface area (Å²) in [6.45, 7) is 2.56. The number of hydrogen-bond donors (Lipinski definition) is 3. The summed E-state index contributed by atoms with van der Waals surface area (Å²) in [6.07, 6.45) is 3.22. The van der Waals surface area contributed by atoms with Crippen LogP contribution in [0.25, 0.3) is 0 Å². The number of carbonyl (C=O) groups excluding carboxylic acids is 3. The molecule has 0 bridgehead atoms. The third-order valence-electron chi connectivity index (χ3n) is 4.92. The molecular weight excluding hydrogens is 438 g/mol. The number of hydrogen-bond acceptors (Lipinski definition) is 5. The SMILES string of the molecule is CCCC(NC(=O)Cc1cc(F)cc(F)c1)C(=O)Nc1nc(CC(=O)NCC2CC2)cs1. The number of thiazole rings is 1. The molecule has 32 heavy (non-hydrogen) atoms. The number of benzene rings is 1. The Balaban J connectivity index is 1.52. The molecule has 1 aromatic carbocycles. The number of aromatic nitrogens is 1. The second-order valence-corrected chi connectivity index (χ2v) is 8.78. The largest absolute Gasteiger partial charge is 0.355 e. The van der Waals surface area contributed by atoms with Gasteiger partial charge in [-0.3, -0.25) is 14.4 Å². The molecule has 0 spiro atoms. The van der Waals surface area contributed by atoms with Crippen molar-refractivity contribution in [2.24, 2.45) is 5.92 Å². The Morgan fingerprint density at radius 1 is 1.12 bits per heavy atom. The molecule has 1 heterocycles. The molecule has 1 unspecified atom stereocenters. The molecule has 1 aliphatic rings. The van der Waals surface area contributed by atoms with Gasteiger partial charge in [-0.1, -0.05) is 13.3 Å². The van der Waals surface area contributed by atoms with Gasteiger partial charge in [0, 0.05) is 18.0 Å². The Kier molecular flexibility index (Phi) is 8.26. The molecule has 0 saturated heterocycles. The first kappa shape index (κ1) is 23.8. The van der Waals surface area contributed by atoms with Crippen molar-refractivity contribution in [1.82, 2.24) is 15.6 Å². The number of halogens is 2. The molecule has 1 aliphatic carbocycles. The minimum atomic E-state index is -0.819. The van der Waals surface area contributed by atoms with Gasteiger partial charge in [-0.2, -0.15) is 0 Å². The molecule has 1 fully saturated rings. The molecule has 0 radical (unpaired) electrons. The van der Waals surface area contributed by atoms with Crippen LogP contribution in [0, 0.1) is 17.6 Å². The Hall–Kier alpha value is -2.88. The Morgan fingerprint density at radius 2 is 1.84 bits per heavy atom. The zero-order chi connectivity index (χ0) is 23.1. The smallest absolute Gasteiger partial charge is 0.248 e. The van der Waals surface area contributed by atoms with E-state index in [4.69, 9.17) is 0 Å². The highest BCUT2D eigenvalue weighted by molar-refractivity contribution is 7.13. The van der Waals surface area contributed by atoms with E-state index in [0.29, 0.717) is 36.1 Å². The van der Waals surface area contributed by atoms with Gasteiger partial charge in [0.15, 0.2) is 5.13 Å². The van der Waals surface area contributed by atoms with Crippen LogP contribution in [0.3, 0.4) is 0 Å². The Morgan fingerprint density at radius 3 is 2.50 bits per heavy atom. The second-order valence-electron chi connectivity index (χ2n) is 7.92. The minimum absolute atomic E-state index is 0.106. The van der Waals surface area contributed by atoms with Gasteiger partial charge in [-0.15, -0.1) is 11.3 Å². The Labute approximate surface area is 189 Å². The molecule has 1 saturated carbocycles. The van der Waals surface area contributed by atoms with Crippen LogP contribution in [-0.2, 0) is 27.2 Å². The monoisotopic (exact) mass is 464 g/mol. The summed E-state index contributed by atoms with van der Waals surface area (Å²) in [5.74, 6) is -2.01. The molecule has 3 N–H and O–H groups in total. The van der Waals surface area contributed by atoms with E-state index in [1.807, 2.05) is 6.92 Å². The number of carbonyl (C=O) groups is 3. The van der Waals surface area contributed by atoms with Crippen LogP contribution in [0.15, 0.2) is 23.6 Å². The fraction of sp³-hybridized carbons (Fsp3) is 0.455. The third kappa shape index (κ3) is 7.67. The fourth-order valence-electron chi connectivity index (χ4n) is 3.15. The van der Waals surface area contributed by atoms with E-state index in [1.54, 1.807) is 5.38 Å². The predicted molar refractivity (Wildman–Crippen MR) is 117 cm³/mol. The fourth-order valence-corrected chi connectivity index (χ4v) is 3.86. The maximum atomic E-state index is 13.3. The molecule has 7 nitrogen and oxygen atoms in total. The highest BCUT2D eigenvalue weighted by atomic mass is 32.1. The van der Waals surface area contributed by atoms with Crippen molar-refractivity contribution in [1.29, 1.82) is 0 Å². The van der Waals surface area contributed by atoms with E-state index in [9.17, 15) is 23.2 Å². The van der Waals surface area contributed by atoms with Gasteiger partial charge < -0.3 is 16.0 Å². The van der Waals surface area contributed by atoms with Gasteiger partial charge in [-0.25, -0.2) is 13.8 Å². The molecule has 1 aromatic heterocycles. The molecule has 10 heteroatoms. The van der Waals surface area contributed by atoms with Crippen molar-refractivity contribution in [3.8, 4) is 0 Å². The lowest BCUT2D eigenvalue weighted by molar-refractivity contribution is -0.126. The standard InChI is InChI=1S/C22H26F2N4O3S/c1-2-3-18(27-20(30)8-14-6-15(23)9-16(24)7-14)21(31)28-22-26-17(12-32-22)10-19(29)25-11-13-4-5-13/h6-7,9,12-13,18H,2-5,8,10-11H2,1H3,(H,25,29)(H,27,30)(H,26,28,31). The average Bonchev–Trinajstić information content (AvgIpc) is 3.44. The molecular formula is C22H26F2N4O3S. The predicted octanol–water partition coefficient (Wildman–Crippen LogP) is 2.96. The van der Waals surface area contributed by atoms with Gasteiger partial charge >= 0.3 is 0 Å². The van der Waals surface area contributed by atoms with E-state index >= 15 is 0 Å². The first-order valence-corrected chi connectivity index (χ1v) is 11.5. The van der Waals surface area contributed by atoms with Crippen LogP contribution >= 0.6 is 11.3 Å². The average molecular weight is 465 g/mol. The minimum Gasteiger partial charge on any atom is -0.355 e. The van der Waals surface area contributed by atoms with Crippen LogP contribution in [0.5, 0.6) is 0 Å². The summed E-state index contributed by atoms with van der Waals surface area (Å²) in [5, 5.41) is 10.2. The molecule has 3 rings (SSSR count). The molecule has 172 valence electrons. The maximum Gasteiger partial charge on any atom is 0.248 e. The quantitative estimate of drug-likeness (QED) is 0.476. The van der Waals surface area contributed by atoms with Crippen molar-refractivity contribution >= 4 is 34.2 Å². The van der Waals surface area contributed by atoms with Crippen LogP contribution in [0.2, 0.25) is 0 Å². The molecule has 1 atom stereocenters. The topological polar surface area (TPSA) is 100 Å². The first-order chi connectivity index (χ1) is 15.3. The summed E-state index contributed by atoms with van der Waals surface area (Å²) >= 11 is 1.20. The zero-order valence-electron chi connectivity index (χ0n) is 17.7. The number of anilines is 1. The van der Waals surface area contributed by atoms with Crippen molar-refractivity contribution in [3.05, 3.63) is 46.5 Å². The summed E-state index contributed by atoms with van der Waals surface area (Å²) in [4.78, 5) is 41.2. The zero-order valence-corrected chi connectivity index (χ0v) is 18.6. The molecule has 3 amide bonds. The van der Waals surface area contributed by atoms with Gasteiger partial charge in [-0.05, 0) is 42.9 Å². The number of rotatable bonds is 11. The highest BCUT2D eigenvalue weighted by Crippen LogP contribution is 2.27. The molecule has 0 aliphatic heterocycles. The lowest BCUT2D eigenvalue weighted by Gasteiger charge is -2.17. The van der Waals surface area contributed by atoms with Gasteiger partial charge in [0.2, 0.25) is 17.7 Å². The van der Waals surface area contributed by atoms with E-state index in [1.165, 1.54) is 11.3 Å². The summed E-state index contributed by atoms with van der Waals surface area (Å²) in [7, 11) is 0. The normalized spacial score (nSPS) is 14.0. The van der Waals surface area contributed by atoms with Crippen LogP contribution in [0.1, 0.15) is 43.9 Å². The van der Waals surface area contributed by atoms with Crippen LogP contribution in [-0.4, -0.2) is 35.3 Å². The van der Waals surface area contributed by atoms with Gasteiger partial charge in [0.25, 0.3) is 0 Å². The lowest BCUT2D eigenvalue weighted by atomic mass is 10.1. The second kappa shape index (κ2) is 11.1. The summed E-state index contributed by atoms with van der Waals surface area (Å²) in [5.41, 5.74) is 0.739. The first-order valence-electron chi connectivity index (χ1n) is 10.6. The van der Waals surface area contributed by atoms with Crippen molar-refractivity contribution in [3.63, 3.8) is 0 Å². The van der Waals surface area contributed by atoms with E-state index in [-0.39, 0.29) is 24.3 Å². The van der Waals surface area contributed by atoms with Gasteiger partial charge in [0.05, 0.1) is 18.5 Å². The number of nitrogens with one attached hydrogen (secondary N) is 3.